The van der Waals surface area contributed by atoms with Crippen molar-refractivity contribution in [2.45, 2.75) is 19.9 Å². The fourth-order valence-electron chi connectivity index (χ4n) is 2.11. The maximum atomic E-state index is 12.2. The normalized spacial score (nSPS) is 10.3. The Bertz CT molecular complexity index is 641. The highest BCUT2D eigenvalue weighted by atomic mass is 79.9. The third-order valence-electron chi connectivity index (χ3n) is 3.39. The van der Waals surface area contributed by atoms with Gasteiger partial charge in [-0.25, -0.2) is 0 Å². The summed E-state index contributed by atoms with van der Waals surface area (Å²) in [5, 5.41) is 4.79. The molecule has 1 aromatic carbocycles. The van der Waals surface area contributed by atoms with Gasteiger partial charge in [0.05, 0.1) is 6.54 Å². The van der Waals surface area contributed by atoms with Crippen LogP contribution in [-0.2, 0) is 11.3 Å². The first-order chi connectivity index (χ1) is 11.1. The number of carbonyl (C=O) groups excluding carboxylic acids is 2. The Labute approximate surface area is 148 Å². The molecule has 0 aliphatic carbocycles. The zero-order chi connectivity index (χ0) is 16.7. The lowest BCUT2D eigenvalue weighted by Crippen LogP contribution is -2.34. The quantitative estimate of drug-likeness (QED) is 0.778. The molecule has 1 N–H and O–H groups in total. The van der Waals surface area contributed by atoms with Gasteiger partial charge in [0.1, 0.15) is 0 Å². The predicted octanol–water partition coefficient (Wildman–Crippen LogP) is 3.68. The summed E-state index contributed by atoms with van der Waals surface area (Å²) < 4.78 is 0.927. The molecule has 1 heterocycles. The molecule has 1 aromatic heterocycles. The van der Waals surface area contributed by atoms with Gasteiger partial charge in [-0.3, -0.25) is 9.59 Å². The highest BCUT2D eigenvalue weighted by molar-refractivity contribution is 9.10. The van der Waals surface area contributed by atoms with Gasteiger partial charge in [-0.05, 0) is 42.6 Å². The molecule has 4 nitrogen and oxygen atoms in total. The van der Waals surface area contributed by atoms with Gasteiger partial charge in [0, 0.05) is 34.4 Å². The SMILES string of the molecule is CCN(Cc1cccs1)C(=O)CCNC(=O)c1ccc(Br)cc1. The maximum Gasteiger partial charge on any atom is 0.251 e. The summed E-state index contributed by atoms with van der Waals surface area (Å²) in [5.41, 5.74) is 0.589. The van der Waals surface area contributed by atoms with Crippen molar-refractivity contribution in [2.24, 2.45) is 0 Å². The molecular weight excluding hydrogens is 376 g/mol. The number of hydrogen-bond donors (Lipinski definition) is 1. The minimum Gasteiger partial charge on any atom is -0.352 e. The van der Waals surface area contributed by atoms with Crippen LogP contribution in [0.25, 0.3) is 0 Å². The summed E-state index contributed by atoms with van der Waals surface area (Å²) in [6.45, 7) is 3.60. The van der Waals surface area contributed by atoms with E-state index in [1.807, 2.05) is 36.6 Å². The lowest BCUT2D eigenvalue weighted by molar-refractivity contribution is -0.131. The fraction of sp³-hybridized carbons (Fsp3) is 0.294. The fourth-order valence-corrected chi connectivity index (χ4v) is 3.10. The van der Waals surface area contributed by atoms with Crippen molar-refractivity contribution in [3.63, 3.8) is 0 Å². The monoisotopic (exact) mass is 394 g/mol. The lowest BCUT2D eigenvalue weighted by Gasteiger charge is -2.20. The molecule has 2 amide bonds. The van der Waals surface area contributed by atoms with Gasteiger partial charge in [-0.15, -0.1) is 11.3 Å². The second kappa shape index (κ2) is 8.84. The molecule has 6 heteroatoms. The van der Waals surface area contributed by atoms with Gasteiger partial charge in [-0.1, -0.05) is 22.0 Å². The second-order valence-electron chi connectivity index (χ2n) is 5.00. The zero-order valence-corrected chi connectivity index (χ0v) is 15.3. The van der Waals surface area contributed by atoms with Crippen molar-refractivity contribution < 1.29 is 9.59 Å². The molecule has 0 aliphatic rings. The van der Waals surface area contributed by atoms with E-state index in [2.05, 4.69) is 21.2 Å². The highest BCUT2D eigenvalue weighted by Gasteiger charge is 2.13. The molecule has 0 spiro atoms. The van der Waals surface area contributed by atoms with Crippen molar-refractivity contribution in [2.75, 3.05) is 13.1 Å². The van der Waals surface area contributed by atoms with Gasteiger partial charge in [-0.2, -0.15) is 0 Å². The van der Waals surface area contributed by atoms with Crippen molar-refractivity contribution in [1.82, 2.24) is 10.2 Å². The average Bonchev–Trinajstić information content (AvgIpc) is 3.06. The minimum absolute atomic E-state index is 0.0528. The summed E-state index contributed by atoms with van der Waals surface area (Å²) in [5.74, 6) is -0.108. The van der Waals surface area contributed by atoms with Crippen molar-refractivity contribution >= 4 is 39.1 Å². The Balaban J connectivity index is 1.79. The molecule has 0 radical (unpaired) electrons. The zero-order valence-electron chi connectivity index (χ0n) is 12.9. The van der Waals surface area contributed by atoms with Crippen LogP contribution in [-0.4, -0.2) is 29.8 Å². The smallest absolute Gasteiger partial charge is 0.251 e. The van der Waals surface area contributed by atoms with Gasteiger partial charge in [0.25, 0.3) is 5.91 Å². The van der Waals surface area contributed by atoms with E-state index in [4.69, 9.17) is 0 Å². The molecule has 2 aromatic rings. The lowest BCUT2D eigenvalue weighted by atomic mass is 10.2. The molecule has 2 rings (SSSR count). The topological polar surface area (TPSA) is 49.4 Å². The third kappa shape index (κ3) is 5.48. The summed E-state index contributed by atoms with van der Waals surface area (Å²) in [6.07, 6.45) is 0.307. The summed E-state index contributed by atoms with van der Waals surface area (Å²) in [4.78, 5) is 27.2. The first kappa shape index (κ1) is 17.7. The Morgan fingerprint density at radius 3 is 2.57 bits per heavy atom. The average molecular weight is 395 g/mol. The van der Waals surface area contributed by atoms with E-state index < -0.39 is 0 Å². The predicted molar refractivity (Wildman–Crippen MR) is 96.5 cm³/mol. The molecule has 0 saturated heterocycles. The summed E-state index contributed by atoms with van der Waals surface area (Å²) >= 11 is 4.98. The molecule has 0 unspecified atom stereocenters. The number of thiophene rings is 1. The molecule has 0 atom stereocenters. The van der Waals surface area contributed by atoms with Gasteiger partial charge < -0.3 is 10.2 Å². The van der Waals surface area contributed by atoms with Crippen LogP contribution in [0.3, 0.4) is 0 Å². The highest BCUT2D eigenvalue weighted by Crippen LogP contribution is 2.12. The van der Waals surface area contributed by atoms with Crippen LogP contribution >= 0.6 is 27.3 Å². The number of benzene rings is 1. The van der Waals surface area contributed by atoms with Crippen LogP contribution in [0.5, 0.6) is 0 Å². The first-order valence-electron chi connectivity index (χ1n) is 7.44. The molecule has 0 aliphatic heterocycles. The van der Waals surface area contributed by atoms with Crippen molar-refractivity contribution in [3.05, 3.63) is 56.7 Å². The van der Waals surface area contributed by atoms with E-state index in [-0.39, 0.29) is 11.8 Å². The first-order valence-corrected chi connectivity index (χ1v) is 9.11. The number of halogens is 1. The Hall–Kier alpha value is -1.66. The van der Waals surface area contributed by atoms with Gasteiger partial charge in [0.15, 0.2) is 0 Å². The molecular formula is C17H19BrN2O2S. The van der Waals surface area contributed by atoms with Crippen LogP contribution < -0.4 is 5.32 Å². The summed E-state index contributed by atoms with van der Waals surface area (Å²) in [6, 6.07) is 11.1. The molecule has 0 bridgehead atoms. The Morgan fingerprint density at radius 1 is 1.22 bits per heavy atom. The van der Waals surface area contributed by atoms with E-state index in [0.717, 1.165) is 4.47 Å². The molecule has 122 valence electrons. The van der Waals surface area contributed by atoms with Crippen LogP contribution in [0.4, 0.5) is 0 Å². The van der Waals surface area contributed by atoms with Crippen LogP contribution in [0.1, 0.15) is 28.6 Å². The Kier molecular flexibility index (Phi) is 6.80. The van der Waals surface area contributed by atoms with Crippen LogP contribution in [0.2, 0.25) is 0 Å². The van der Waals surface area contributed by atoms with Gasteiger partial charge >= 0.3 is 0 Å². The van der Waals surface area contributed by atoms with Crippen LogP contribution in [0, 0.1) is 0 Å². The third-order valence-corrected chi connectivity index (χ3v) is 4.78. The molecule has 23 heavy (non-hydrogen) atoms. The largest absolute Gasteiger partial charge is 0.352 e. The van der Waals surface area contributed by atoms with E-state index in [1.165, 1.54) is 4.88 Å². The van der Waals surface area contributed by atoms with Gasteiger partial charge in [0.2, 0.25) is 5.91 Å². The number of carbonyl (C=O) groups is 2. The second-order valence-corrected chi connectivity index (χ2v) is 6.95. The number of rotatable bonds is 7. The van der Waals surface area contributed by atoms with Crippen molar-refractivity contribution in [3.8, 4) is 0 Å². The maximum absolute atomic E-state index is 12.2. The van der Waals surface area contributed by atoms with E-state index in [9.17, 15) is 9.59 Å². The van der Waals surface area contributed by atoms with E-state index >= 15 is 0 Å². The standard InChI is InChI=1S/C17H19BrN2O2S/c1-2-20(12-15-4-3-11-23-15)16(21)9-10-19-17(22)13-5-7-14(18)8-6-13/h3-8,11H,2,9-10,12H2,1H3,(H,19,22). The van der Waals surface area contributed by atoms with E-state index in [1.54, 1.807) is 28.4 Å². The summed E-state index contributed by atoms with van der Waals surface area (Å²) in [7, 11) is 0. The van der Waals surface area contributed by atoms with E-state index in [0.29, 0.717) is 31.6 Å². The molecule has 0 fully saturated rings. The number of nitrogens with zero attached hydrogens (tertiary/aromatic N) is 1. The minimum atomic E-state index is -0.161. The van der Waals surface area contributed by atoms with Crippen LogP contribution in [0.15, 0.2) is 46.3 Å². The number of hydrogen-bond acceptors (Lipinski definition) is 3. The Morgan fingerprint density at radius 2 is 1.96 bits per heavy atom. The number of amides is 2. The number of nitrogens with one attached hydrogen (secondary N) is 1. The van der Waals surface area contributed by atoms with Crippen molar-refractivity contribution in [1.29, 1.82) is 0 Å². The molecule has 0 saturated carbocycles.